The molecule has 4 rings (SSSR count). The average Bonchev–Trinajstić information content (AvgIpc) is 3.04. The predicted octanol–water partition coefficient (Wildman–Crippen LogP) is 5.89. The molecule has 3 aromatic rings. The number of ether oxygens (including phenoxy) is 1. The highest BCUT2D eigenvalue weighted by atomic mass is 35.5. The molecule has 0 fully saturated rings. The first-order chi connectivity index (χ1) is 15.0. The summed E-state index contributed by atoms with van der Waals surface area (Å²) in [6, 6.07) is 10.5. The van der Waals surface area contributed by atoms with Crippen LogP contribution in [0.4, 0.5) is 0 Å². The fourth-order valence-corrected chi connectivity index (χ4v) is 4.20. The third-order valence-electron chi connectivity index (χ3n) is 5.65. The van der Waals surface area contributed by atoms with Gasteiger partial charge in [-0.1, -0.05) is 44.0 Å². The molecule has 2 heterocycles. The number of amides is 1. The first-order valence-electron chi connectivity index (χ1n) is 10.8. The van der Waals surface area contributed by atoms with Crippen LogP contribution in [0.2, 0.25) is 5.02 Å². The SMILES string of the molecule is CCCCN1C(=O)c2oc3cc(C)c(Cl)cc3c(=O)c2C1c1cccc(OCCC)c1. The monoisotopic (exact) mass is 439 g/mol. The van der Waals surface area contributed by atoms with Crippen LogP contribution >= 0.6 is 11.6 Å². The van der Waals surface area contributed by atoms with Crippen molar-refractivity contribution in [3.05, 3.63) is 74.1 Å². The van der Waals surface area contributed by atoms with Gasteiger partial charge in [0, 0.05) is 11.6 Å². The molecule has 1 aliphatic heterocycles. The Morgan fingerprint density at radius 2 is 1.94 bits per heavy atom. The number of hydrogen-bond donors (Lipinski definition) is 0. The van der Waals surface area contributed by atoms with Gasteiger partial charge in [0.1, 0.15) is 11.3 Å². The summed E-state index contributed by atoms with van der Waals surface area (Å²) in [7, 11) is 0. The summed E-state index contributed by atoms with van der Waals surface area (Å²) < 4.78 is 11.8. The number of benzene rings is 2. The third-order valence-corrected chi connectivity index (χ3v) is 6.05. The van der Waals surface area contributed by atoms with E-state index in [9.17, 15) is 9.59 Å². The number of carbonyl (C=O) groups is 1. The lowest BCUT2D eigenvalue weighted by atomic mass is 9.98. The van der Waals surface area contributed by atoms with Crippen molar-refractivity contribution in [2.45, 2.75) is 46.1 Å². The molecule has 0 bridgehead atoms. The number of hydrogen-bond acceptors (Lipinski definition) is 4. The standard InChI is InChI=1S/C25H26ClNO4/c1-4-6-10-27-22(16-8-7-9-17(13-16)30-11-5-2)21-23(28)18-14-19(26)15(3)12-20(18)31-24(21)25(27)29/h7-9,12-14,22H,4-6,10-11H2,1-3H3. The van der Waals surface area contributed by atoms with Gasteiger partial charge in [-0.3, -0.25) is 9.59 Å². The summed E-state index contributed by atoms with van der Waals surface area (Å²) >= 11 is 6.28. The van der Waals surface area contributed by atoms with Gasteiger partial charge in [-0.25, -0.2) is 0 Å². The van der Waals surface area contributed by atoms with Crippen LogP contribution < -0.4 is 10.2 Å². The Balaban J connectivity index is 1.91. The number of unbranched alkanes of at least 4 members (excludes halogenated alkanes) is 1. The van der Waals surface area contributed by atoms with Gasteiger partial charge in [0.05, 0.1) is 23.6 Å². The zero-order valence-electron chi connectivity index (χ0n) is 18.0. The van der Waals surface area contributed by atoms with Gasteiger partial charge in [-0.2, -0.15) is 0 Å². The highest BCUT2D eigenvalue weighted by Crippen LogP contribution is 2.39. The molecule has 0 saturated heterocycles. The fourth-order valence-electron chi connectivity index (χ4n) is 4.04. The van der Waals surface area contributed by atoms with E-state index < -0.39 is 6.04 Å². The molecule has 1 amide bonds. The lowest BCUT2D eigenvalue weighted by Crippen LogP contribution is -2.30. The molecular weight excluding hydrogens is 414 g/mol. The topological polar surface area (TPSA) is 59.8 Å². The molecular formula is C25H26ClNO4. The number of carbonyl (C=O) groups excluding carboxylic acids is 1. The molecule has 2 aromatic carbocycles. The molecule has 1 unspecified atom stereocenters. The van der Waals surface area contributed by atoms with E-state index in [1.165, 1.54) is 0 Å². The van der Waals surface area contributed by atoms with Crippen molar-refractivity contribution in [1.29, 1.82) is 0 Å². The number of halogens is 1. The maximum atomic E-state index is 13.6. The van der Waals surface area contributed by atoms with E-state index in [0.29, 0.717) is 34.7 Å². The molecule has 0 radical (unpaired) electrons. The molecule has 162 valence electrons. The Kier molecular flexibility index (Phi) is 6.05. The van der Waals surface area contributed by atoms with Crippen LogP contribution in [0.3, 0.4) is 0 Å². The highest BCUT2D eigenvalue weighted by molar-refractivity contribution is 6.32. The van der Waals surface area contributed by atoms with E-state index in [2.05, 4.69) is 6.92 Å². The highest BCUT2D eigenvalue weighted by Gasteiger charge is 2.42. The van der Waals surface area contributed by atoms with E-state index >= 15 is 0 Å². The largest absolute Gasteiger partial charge is 0.494 e. The van der Waals surface area contributed by atoms with E-state index in [-0.39, 0.29) is 17.1 Å². The quantitative estimate of drug-likeness (QED) is 0.460. The minimum Gasteiger partial charge on any atom is -0.494 e. The van der Waals surface area contributed by atoms with Crippen molar-refractivity contribution in [2.75, 3.05) is 13.2 Å². The number of aryl methyl sites for hydroxylation is 1. The lowest BCUT2D eigenvalue weighted by molar-refractivity contribution is 0.0725. The summed E-state index contributed by atoms with van der Waals surface area (Å²) in [5.41, 5.74) is 2.18. The average molecular weight is 440 g/mol. The van der Waals surface area contributed by atoms with Crippen molar-refractivity contribution in [3.63, 3.8) is 0 Å². The maximum Gasteiger partial charge on any atom is 0.290 e. The van der Waals surface area contributed by atoms with Gasteiger partial charge in [0.15, 0.2) is 5.43 Å². The summed E-state index contributed by atoms with van der Waals surface area (Å²) in [6.45, 7) is 7.11. The molecule has 31 heavy (non-hydrogen) atoms. The molecule has 5 nitrogen and oxygen atoms in total. The van der Waals surface area contributed by atoms with Gasteiger partial charge in [0.25, 0.3) is 5.91 Å². The molecule has 1 aromatic heterocycles. The molecule has 1 aliphatic rings. The van der Waals surface area contributed by atoms with Gasteiger partial charge in [-0.15, -0.1) is 0 Å². The van der Waals surface area contributed by atoms with Crippen molar-refractivity contribution in [1.82, 2.24) is 4.90 Å². The normalized spacial score (nSPS) is 15.5. The van der Waals surface area contributed by atoms with Crippen LogP contribution in [0.1, 0.15) is 66.4 Å². The Bertz CT molecular complexity index is 1200. The summed E-state index contributed by atoms with van der Waals surface area (Å²) in [5.74, 6) is 0.597. The van der Waals surface area contributed by atoms with Crippen molar-refractivity contribution in [2.24, 2.45) is 0 Å². The van der Waals surface area contributed by atoms with Gasteiger partial charge >= 0.3 is 0 Å². The second-order valence-corrected chi connectivity index (χ2v) is 8.35. The van der Waals surface area contributed by atoms with Crippen LogP contribution in [0.5, 0.6) is 5.75 Å². The molecule has 0 saturated carbocycles. The zero-order valence-corrected chi connectivity index (χ0v) is 18.8. The predicted molar refractivity (Wildman–Crippen MR) is 122 cm³/mol. The van der Waals surface area contributed by atoms with Gasteiger partial charge in [0.2, 0.25) is 5.76 Å². The molecule has 0 spiro atoms. The molecule has 0 aliphatic carbocycles. The minimum absolute atomic E-state index is 0.125. The smallest absolute Gasteiger partial charge is 0.290 e. The first kappa shape index (κ1) is 21.4. The number of nitrogens with zero attached hydrogens (tertiary/aromatic N) is 1. The summed E-state index contributed by atoms with van der Waals surface area (Å²) in [4.78, 5) is 28.6. The van der Waals surface area contributed by atoms with E-state index in [1.54, 1.807) is 17.0 Å². The van der Waals surface area contributed by atoms with E-state index in [0.717, 1.165) is 36.1 Å². The number of fused-ring (bicyclic) bond motifs is 2. The lowest BCUT2D eigenvalue weighted by Gasteiger charge is -2.25. The van der Waals surface area contributed by atoms with Crippen molar-refractivity contribution < 1.29 is 13.9 Å². The fraction of sp³-hybridized carbons (Fsp3) is 0.360. The van der Waals surface area contributed by atoms with E-state index in [1.807, 2.05) is 38.1 Å². The molecule has 1 atom stereocenters. The van der Waals surface area contributed by atoms with Crippen LogP contribution in [0.25, 0.3) is 11.0 Å². The van der Waals surface area contributed by atoms with Crippen molar-refractivity contribution in [3.8, 4) is 5.75 Å². The second kappa shape index (κ2) is 8.75. The van der Waals surface area contributed by atoms with E-state index in [4.69, 9.17) is 20.8 Å². The van der Waals surface area contributed by atoms with Crippen LogP contribution in [-0.4, -0.2) is 24.0 Å². The Morgan fingerprint density at radius 1 is 1.13 bits per heavy atom. The van der Waals surface area contributed by atoms with Crippen LogP contribution in [0.15, 0.2) is 45.6 Å². The molecule has 0 N–H and O–H groups in total. The number of rotatable bonds is 7. The Morgan fingerprint density at radius 3 is 2.68 bits per heavy atom. The Labute approximate surface area is 186 Å². The second-order valence-electron chi connectivity index (χ2n) is 7.95. The summed E-state index contributed by atoms with van der Waals surface area (Å²) in [6.07, 6.45) is 2.67. The van der Waals surface area contributed by atoms with Crippen LogP contribution in [-0.2, 0) is 0 Å². The van der Waals surface area contributed by atoms with Crippen LogP contribution in [0, 0.1) is 6.92 Å². The zero-order chi connectivity index (χ0) is 22.1. The van der Waals surface area contributed by atoms with Gasteiger partial charge in [-0.05, 0) is 55.2 Å². The summed E-state index contributed by atoms with van der Waals surface area (Å²) in [5, 5.41) is 0.890. The van der Waals surface area contributed by atoms with Gasteiger partial charge < -0.3 is 14.1 Å². The Hall–Kier alpha value is -2.79. The van der Waals surface area contributed by atoms with Crippen molar-refractivity contribution >= 4 is 28.5 Å². The third kappa shape index (κ3) is 3.83. The maximum absolute atomic E-state index is 13.6. The first-order valence-corrected chi connectivity index (χ1v) is 11.1. The minimum atomic E-state index is -0.514. The molecule has 6 heteroatoms.